The summed E-state index contributed by atoms with van der Waals surface area (Å²) in [6, 6.07) is 5.68. The van der Waals surface area contributed by atoms with Gasteiger partial charge in [0.05, 0.1) is 30.8 Å². The summed E-state index contributed by atoms with van der Waals surface area (Å²) >= 11 is 0. The highest BCUT2D eigenvalue weighted by Crippen LogP contribution is 2.18. The number of H-pyrrole nitrogens is 1. The minimum Gasteiger partial charge on any atom is -0.379 e. The predicted molar refractivity (Wildman–Crippen MR) is 113 cm³/mol. The summed E-state index contributed by atoms with van der Waals surface area (Å²) in [7, 11) is 0. The van der Waals surface area contributed by atoms with Crippen LogP contribution in [0.5, 0.6) is 0 Å². The fourth-order valence-corrected chi connectivity index (χ4v) is 3.54. The molecule has 158 valence electrons. The van der Waals surface area contributed by atoms with Crippen LogP contribution < -0.4 is 5.32 Å². The molecule has 2 N–H and O–H groups in total. The molecule has 8 heteroatoms. The maximum Gasteiger partial charge on any atom is 0.224 e. The van der Waals surface area contributed by atoms with E-state index in [0.717, 1.165) is 55.4 Å². The van der Waals surface area contributed by atoms with E-state index in [1.54, 1.807) is 4.90 Å². The topological polar surface area (TPSA) is 90.6 Å². The Labute approximate surface area is 171 Å². The number of fused-ring (bicyclic) bond motifs is 1. The number of nitrogens with one attached hydrogen (secondary N) is 2. The van der Waals surface area contributed by atoms with Crippen LogP contribution in [-0.4, -0.2) is 71.0 Å². The van der Waals surface area contributed by atoms with E-state index in [1.807, 2.05) is 32.0 Å². The Morgan fingerprint density at radius 2 is 1.97 bits per heavy atom. The van der Waals surface area contributed by atoms with Crippen molar-refractivity contribution in [1.29, 1.82) is 0 Å². The molecule has 29 heavy (non-hydrogen) atoms. The van der Waals surface area contributed by atoms with Crippen LogP contribution in [0.4, 0.5) is 5.69 Å². The van der Waals surface area contributed by atoms with E-state index in [4.69, 9.17) is 4.74 Å². The standard InChI is InChI=1S/C21H31N5O3/c1-3-26(4-2)21(28)7-5-6-20(27)22-16-8-9-17-18(14-16)24-19(23-17)15-25-10-12-29-13-11-25/h8-9,14H,3-7,10-13,15H2,1-2H3,(H,22,27)(H,23,24). The molecule has 0 aliphatic carbocycles. The molecule has 2 aromatic rings. The average molecular weight is 402 g/mol. The number of amides is 2. The van der Waals surface area contributed by atoms with E-state index in [1.165, 1.54) is 0 Å². The highest BCUT2D eigenvalue weighted by molar-refractivity contribution is 5.93. The molecule has 1 aliphatic heterocycles. The van der Waals surface area contributed by atoms with Gasteiger partial charge >= 0.3 is 0 Å². The van der Waals surface area contributed by atoms with Crippen molar-refractivity contribution in [2.45, 2.75) is 39.7 Å². The lowest BCUT2D eigenvalue weighted by atomic mass is 10.2. The second-order valence-electron chi connectivity index (χ2n) is 7.27. The Hall–Kier alpha value is -2.45. The molecule has 8 nitrogen and oxygen atoms in total. The molecule has 0 spiro atoms. The van der Waals surface area contributed by atoms with Crippen molar-refractivity contribution in [3.05, 3.63) is 24.0 Å². The number of benzene rings is 1. The van der Waals surface area contributed by atoms with Crippen molar-refractivity contribution < 1.29 is 14.3 Å². The van der Waals surface area contributed by atoms with E-state index < -0.39 is 0 Å². The van der Waals surface area contributed by atoms with Crippen molar-refractivity contribution in [1.82, 2.24) is 19.8 Å². The number of nitrogens with zero attached hydrogens (tertiary/aromatic N) is 3. The molecule has 0 bridgehead atoms. The number of morpholine rings is 1. The van der Waals surface area contributed by atoms with Crippen LogP contribution in [0.25, 0.3) is 11.0 Å². The van der Waals surface area contributed by atoms with Crippen molar-refractivity contribution in [2.75, 3.05) is 44.7 Å². The lowest BCUT2D eigenvalue weighted by molar-refractivity contribution is -0.130. The highest BCUT2D eigenvalue weighted by atomic mass is 16.5. The molecule has 1 aromatic carbocycles. The van der Waals surface area contributed by atoms with Crippen LogP contribution in [0.3, 0.4) is 0 Å². The molecule has 1 saturated heterocycles. The molecule has 0 saturated carbocycles. The largest absolute Gasteiger partial charge is 0.379 e. The van der Waals surface area contributed by atoms with Gasteiger partial charge in [0.25, 0.3) is 0 Å². The Bertz CT molecular complexity index is 825. The lowest BCUT2D eigenvalue weighted by Gasteiger charge is -2.25. The Balaban J connectivity index is 1.50. The molecular weight excluding hydrogens is 370 g/mol. The number of anilines is 1. The van der Waals surface area contributed by atoms with E-state index in [-0.39, 0.29) is 11.8 Å². The molecule has 1 fully saturated rings. The highest BCUT2D eigenvalue weighted by Gasteiger charge is 2.14. The van der Waals surface area contributed by atoms with E-state index >= 15 is 0 Å². The monoisotopic (exact) mass is 401 g/mol. The van der Waals surface area contributed by atoms with Gasteiger partial charge < -0.3 is 19.9 Å². The number of carbonyl (C=O) groups excluding carboxylic acids is 2. The minimum absolute atomic E-state index is 0.0789. The van der Waals surface area contributed by atoms with Gasteiger partial charge in [0, 0.05) is 44.7 Å². The van der Waals surface area contributed by atoms with Crippen molar-refractivity contribution >= 4 is 28.5 Å². The average Bonchev–Trinajstić information content (AvgIpc) is 3.11. The van der Waals surface area contributed by atoms with Gasteiger partial charge in [0.2, 0.25) is 11.8 Å². The molecule has 0 atom stereocenters. The normalized spacial score (nSPS) is 14.8. The van der Waals surface area contributed by atoms with Gasteiger partial charge in [0.1, 0.15) is 5.82 Å². The first-order chi connectivity index (χ1) is 14.1. The first-order valence-electron chi connectivity index (χ1n) is 10.5. The molecule has 3 rings (SSSR count). The number of aromatic nitrogens is 2. The van der Waals surface area contributed by atoms with Gasteiger partial charge in [-0.3, -0.25) is 14.5 Å². The molecule has 2 heterocycles. The summed E-state index contributed by atoms with van der Waals surface area (Å²) in [6.07, 6.45) is 1.28. The zero-order chi connectivity index (χ0) is 20.6. The van der Waals surface area contributed by atoms with Crippen LogP contribution >= 0.6 is 0 Å². The van der Waals surface area contributed by atoms with Crippen LogP contribution in [-0.2, 0) is 20.9 Å². The summed E-state index contributed by atoms with van der Waals surface area (Å²) < 4.78 is 5.38. The fraction of sp³-hybridized carbons (Fsp3) is 0.571. The third-order valence-electron chi connectivity index (χ3n) is 5.20. The minimum atomic E-state index is -0.0789. The van der Waals surface area contributed by atoms with E-state index in [2.05, 4.69) is 20.2 Å². The maximum absolute atomic E-state index is 12.2. The summed E-state index contributed by atoms with van der Waals surface area (Å²) in [6.45, 7) is 9.45. The third kappa shape index (κ3) is 6.01. The summed E-state index contributed by atoms with van der Waals surface area (Å²) in [5.41, 5.74) is 2.53. The van der Waals surface area contributed by atoms with Gasteiger partial charge in [-0.25, -0.2) is 4.98 Å². The SMILES string of the molecule is CCN(CC)C(=O)CCCC(=O)Nc1ccc2nc(CN3CCOCC3)[nH]c2c1. The molecular formula is C21H31N5O3. The van der Waals surface area contributed by atoms with Crippen LogP contribution in [0, 0.1) is 0 Å². The zero-order valence-electron chi connectivity index (χ0n) is 17.4. The summed E-state index contributed by atoms with van der Waals surface area (Å²) in [5.74, 6) is 0.944. The Kier molecular flexibility index (Phi) is 7.60. The fourth-order valence-electron chi connectivity index (χ4n) is 3.54. The second kappa shape index (κ2) is 10.4. The molecule has 1 aromatic heterocycles. The van der Waals surface area contributed by atoms with Crippen LogP contribution in [0.15, 0.2) is 18.2 Å². The summed E-state index contributed by atoms with van der Waals surface area (Å²) in [4.78, 5) is 36.3. The van der Waals surface area contributed by atoms with Gasteiger partial charge in [-0.1, -0.05) is 0 Å². The van der Waals surface area contributed by atoms with Gasteiger partial charge in [-0.15, -0.1) is 0 Å². The van der Waals surface area contributed by atoms with Crippen molar-refractivity contribution in [2.24, 2.45) is 0 Å². The van der Waals surface area contributed by atoms with E-state index in [9.17, 15) is 9.59 Å². The smallest absolute Gasteiger partial charge is 0.224 e. The van der Waals surface area contributed by atoms with Gasteiger partial charge in [-0.05, 0) is 38.5 Å². The van der Waals surface area contributed by atoms with Crippen molar-refractivity contribution in [3.8, 4) is 0 Å². The molecule has 0 radical (unpaired) electrons. The third-order valence-corrected chi connectivity index (χ3v) is 5.20. The maximum atomic E-state index is 12.2. The number of hydrogen-bond acceptors (Lipinski definition) is 5. The first-order valence-corrected chi connectivity index (χ1v) is 10.5. The lowest BCUT2D eigenvalue weighted by Crippen LogP contribution is -2.35. The molecule has 0 unspecified atom stereocenters. The zero-order valence-corrected chi connectivity index (χ0v) is 17.4. The molecule has 1 aliphatic rings. The van der Waals surface area contributed by atoms with Crippen LogP contribution in [0.2, 0.25) is 0 Å². The van der Waals surface area contributed by atoms with Crippen molar-refractivity contribution in [3.63, 3.8) is 0 Å². The number of hydrogen-bond donors (Lipinski definition) is 2. The number of ether oxygens (including phenoxy) is 1. The quantitative estimate of drug-likeness (QED) is 0.673. The summed E-state index contributed by atoms with van der Waals surface area (Å²) in [5, 5.41) is 2.92. The Morgan fingerprint density at radius 3 is 2.69 bits per heavy atom. The number of rotatable bonds is 9. The number of imidazole rings is 1. The van der Waals surface area contributed by atoms with E-state index in [0.29, 0.717) is 32.4 Å². The molecule has 2 amide bonds. The van der Waals surface area contributed by atoms with Gasteiger partial charge in [0.15, 0.2) is 0 Å². The van der Waals surface area contributed by atoms with Gasteiger partial charge in [-0.2, -0.15) is 0 Å². The number of carbonyl (C=O) groups is 2. The predicted octanol–water partition coefficient (Wildman–Crippen LogP) is 2.37. The second-order valence-corrected chi connectivity index (χ2v) is 7.27. The number of aromatic amines is 1. The Morgan fingerprint density at radius 1 is 1.21 bits per heavy atom. The first kappa shape index (κ1) is 21.3. The van der Waals surface area contributed by atoms with Crippen LogP contribution in [0.1, 0.15) is 38.9 Å².